The Morgan fingerprint density at radius 1 is 1.18 bits per heavy atom. The first kappa shape index (κ1) is 28.6. The number of anilines is 1. The normalized spacial score (nSPS) is 27.6. The van der Waals surface area contributed by atoms with Gasteiger partial charge in [0, 0.05) is 0 Å². The van der Waals surface area contributed by atoms with Gasteiger partial charge in [-0.1, -0.05) is 6.92 Å². The lowest BCUT2D eigenvalue weighted by Gasteiger charge is -2.54. The summed E-state index contributed by atoms with van der Waals surface area (Å²) in [5.41, 5.74) is 3.67. The van der Waals surface area contributed by atoms with E-state index in [0.717, 1.165) is 12.5 Å². The number of amides is 2. The van der Waals surface area contributed by atoms with Gasteiger partial charge in [-0.25, -0.2) is 4.39 Å². The second-order valence-electron chi connectivity index (χ2n) is 10.7. The molecule has 3 aliphatic carbocycles. The van der Waals surface area contributed by atoms with Crippen molar-refractivity contribution in [2.24, 2.45) is 29.4 Å². The molecule has 0 heterocycles. The van der Waals surface area contributed by atoms with E-state index in [1.807, 2.05) is 6.92 Å². The molecule has 39 heavy (non-hydrogen) atoms. The van der Waals surface area contributed by atoms with E-state index in [9.17, 15) is 39.6 Å². The first-order valence-corrected chi connectivity index (χ1v) is 12.7. The van der Waals surface area contributed by atoms with Crippen LogP contribution in [-0.4, -0.2) is 87.7 Å². The second-order valence-corrected chi connectivity index (χ2v) is 10.7. The number of hydrogen-bond acceptors (Lipinski definition) is 10. The minimum Gasteiger partial charge on any atom is -0.510 e. The van der Waals surface area contributed by atoms with Gasteiger partial charge in [-0.15, -0.1) is 0 Å². The Bertz CT molecular complexity index is 1280. The molecule has 0 radical (unpaired) electrons. The highest BCUT2D eigenvalue weighted by molar-refractivity contribution is 6.21. The number of likely N-dealkylation sites (N-methyl/N-ethyl adjacent to an activating group) is 1. The average molecular weight is 549 g/mol. The summed E-state index contributed by atoms with van der Waals surface area (Å²) in [5, 5.41) is 49.5. The Labute approximate surface area is 223 Å². The second kappa shape index (κ2) is 10.3. The summed E-state index contributed by atoms with van der Waals surface area (Å²) in [5.74, 6) is -14.4. The van der Waals surface area contributed by atoms with Crippen LogP contribution < -0.4 is 16.4 Å². The Kier molecular flexibility index (Phi) is 7.56. The van der Waals surface area contributed by atoms with Crippen LogP contribution in [0.2, 0.25) is 0 Å². The average Bonchev–Trinajstić information content (AvgIpc) is 2.80. The number of hydrogen-bond donors (Lipinski definition) is 7. The molecule has 8 N–H and O–H groups in total. The number of fused-ring (bicyclic) bond motifs is 3. The number of phenols is 1. The van der Waals surface area contributed by atoms with Crippen LogP contribution in [-0.2, 0) is 20.8 Å². The molecular formula is C26H33FN4O8. The van der Waals surface area contributed by atoms with E-state index in [4.69, 9.17) is 5.73 Å². The number of halogens is 1. The topological polar surface area (TPSA) is 203 Å². The van der Waals surface area contributed by atoms with E-state index in [0.29, 0.717) is 6.54 Å². The summed E-state index contributed by atoms with van der Waals surface area (Å²) in [6, 6.07) is 0.0223. The molecule has 0 aliphatic heterocycles. The van der Waals surface area contributed by atoms with Crippen molar-refractivity contribution in [1.82, 2.24) is 10.2 Å². The summed E-state index contributed by atoms with van der Waals surface area (Å²) < 4.78 is 15.0. The Morgan fingerprint density at radius 2 is 1.85 bits per heavy atom. The molecule has 1 aromatic rings. The first-order chi connectivity index (χ1) is 18.2. The highest BCUT2D eigenvalue weighted by Gasteiger charge is 2.65. The van der Waals surface area contributed by atoms with Gasteiger partial charge in [0.1, 0.15) is 17.0 Å². The van der Waals surface area contributed by atoms with Crippen molar-refractivity contribution >= 4 is 29.1 Å². The number of rotatable bonds is 7. The van der Waals surface area contributed by atoms with Crippen LogP contribution in [0, 0.1) is 29.5 Å². The number of phenolic OH excluding ortho intramolecular Hbond substituents is 1. The molecule has 1 aromatic carbocycles. The molecule has 13 heteroatoms. The van der Waals surface area contributed by atoms with Crippen molar-refractivity contribution < 1.29 is 44.0 Å². The SMILES string of the molecule is CCCNCC(=O)Nc1c(F)cc2c(c1O)C(=O)C1C(C2)CC2C(C(=O)C(C(N)=O)=C(O)[C@H]2N(C)C)C1(O)O. The third-order valence-electron chi connectivity index (χ3n) is 7.99. The van der Waals surface area contributed by atoms with Gasteiger partial charge in [0.25, 0.3) is 5.91 Å². The van der Waals surface area contributed by atoms with E-state index >= 15 is 4.39 Å². The van der Waals surface area contributed by atoms with Gasteiger partial charge in [-0.3, -0.25) is 24.1 Å². The lowest BCUT2D eigenvalue weighted by atomic mass is 9.54. The van der Waals surface area contributed by atoms with E-state index in [-0.39, 0.29) is 30.5 Å². The van der Waals surface area contributed by atoms with E-state index in [1.54, 1.807) is 14.1 Å². The zero-order valence-corrected chi connectivity index (χ0v) is 21.8. The van der Waals surface area contributed by atoms with E-state index < -0.39 is 87.5 Å². The van der Waals surface area contributed by atoms with Gasteiger partial charge >= 0.3 is 0 Å². The predicted octanol–water partition coefficient (Wildman–Crippen LogP) is -0.432. The molecule has 3 aliphatic rings. The number of aromatic hydroxyl groups is 1. The molecule has 0 aromatic heterocycles. The molecule has 5 atom stereocenters. The van der Waals surface area contributed by atoms with Gasteiger partial charge < -0.3 is 36.8 Å². The van der Waals surface area contributed by atoms with Crippen LogP contribution in [0.15, 0.2) is 17.4 Å². The monoisotopic (exact) mass is 548 g/mol. The highest BCUT2D eigenvalue weighted by atomic mass is 19.1. The van der Waals surface area contributed by atoms with E-state index in [2.05, 4.69) is 10.6 Å². The molecule has 0 saturated heterocycles. The number of ketones is 2. The van der Waals surface area contributed by atoms with Crippen LogP contribution in [0.1, 0.15) is 35.7 Å². The summed E-state index contributed by atoms with van der Waals surface area (Å²) in [4.78, 5) is 52.8. The van der Waals surface area contributed by atoms with Crippen LogP contribution >= 0.6 is 0 Å². The molecule has 2 amide bonds. The van der Waals surface area contributed by atoms with Crippen molar-refractivity contribution in [3.63, 3.8) is 0 Å². The fraction of sp³-hybridized carbons (Fsp3) is 0.538. The summed E-state index contributed by atoms with van der Waals surface area (Å²) >= 11 is 0. The number of benzene rings is 1. The van der Waals surface area contributed by atoms with Crippen LogP contribution in [0.5, 0.6) is 5.75 Å². The van der Waals surface area contributed by atoms with Gasteiger partial charge in [-0.2, -0.15) is 0 Å². The number of carbonyl (C=O) groups excluding carboxylic acids is 4. The molecule has 1 fully saturated rings. The van der Waals surface area contributed by atoms with Crippen LogP contribution in [0.4, 0.5) is 10.1 Å². The van der Waals surface area contributed by atoms with Gasteiger partial charge in [0.15, 0.2) is 28.9 Å². The minimum atomic E-state index is -3.00. The summed E-state index contributed by atoms with van der Waals surface area (Å²) in [7, 11) is 3.13. The predicted molar refractivity (Wildman–Crippen MR) is 135 cm³/mol. The van der Waals surface area contributed by atoms with Crippen molar-refractivity contribution in [3.8, 4) is 5.75 Å². The molecular weight excluding hydrogens is 515 g/mol. The number of aliphatic hydroxyl groups is 3. The molecule has 4 rings (SSSR count). The molecule has 0 spiro atoms. The Balaban J connectivity index is 1.76. The standard InChI is InChI=1S/C26H33FN4O8/c1-4-5-29-9-14(32)30-19-13(27)8-10-6-11-7-12-18(26(38,39)17(11)21(33)15(10)23(19)35)22(34)16(25(28)37)24(36)20(12)31(2)3/h8,11-12,17-18,20,29,35-36,38-39H,4-7,9H2,1-3H3,(H2,28,37)(H,30,32)/t11?,12?,17?,18?,20-/m0/s1. The third kappa shape index (κ3) is 4.58. The maximum absolute atomic E-state index is 15.0. The maximum Gasteiger partial charge on any atom is 0.255 e. The molecule has 1 saturated carbocycles. The number of aliphatic hydroxyl groups excluding tert-OH is 1. The van der Waals surface area contributed by atoms with Crippen LogP contribution in [0.25, 0.3) is 0 Å². The van der Waals surface area contributed by atoms with E-state index in [1.165, 1.54) is 4.90 Å². The fourth-order valence-electron chi connectivity index (χ4n) is 6.53. The zero-order valence-electron chi connectivity index (χ0n) is 21.8. The van der Waals surface area contributed by atoms with Crippen molar-refractivity contribution in [2.75, 3.05) is 32.5 Å². The Morgan fingerprint density at radius 3 is 2.44 bits per heavy atom. The number of nitrogens with two attached hydrogens (primary N) is 1. The largest absolute Gasteiger partial charge is 0.510 e. The quantitative estimate of drug-likeness (QED) is 0.101. The highest BCUT2D eigenvalue weighted by Crippen LogP contribution is 2.55. The number of primary amides is 1. The summed E-state index contributed by atoms with van der Waals surface area (Å²) in [6.45, 7) is 2.26. The molecule has 212 valence electrons. The van der Waals surface area contributed by atoms with Crippen LogP contribution in [0.3, 0.4) is 0 Å². The molecule has 12 nitrogen and oxygen atoms in total. The van der Waals surface area contributed by atoms with Crippen molar-refractivity contribution in [2.45, 2.75) is 38.0 Å². The number of carbonyl (C=O) groups is 4. The van der Waals surface area contributed by atoms with Gasteiger partial charge in [-0.05, 0) is 63.4 Å². The number of nitrogens with one attached hydrogen (secondary N) is 2. The maximum atomic E-state index is 15.0. The number of nitrogens with zero attached hydrogens (tertiary/aromatic N) is 1. The first-order valence-electron chi connectivity index (χ1n) is 12.7. The molecule has 4 unspecified atom stereocenters. The smallest absolute Gasteiger partial charge is 0.255 e. The lowest BCUT2D eigenvalue weighted by molar-refractivity contribution is -0.262. The van der Waals surface area contributed by atoms with Crippen molar-refractivity contribution in [3.05, 3.63) is 34.3 Å². The van der Waals surface area contributed by atoms with Crippen molar-refractivity contribution in [1.29, 1.82) is 0 Å². The van der Waals surface area contributed by atoms with Gasteiger partial charge in [0.05, 0.1) is 30.0 Å². The number of Topliss-reactive ketones (excluding diaryl/α,β-unsaturated/α-hetero) is 2. The zero-order chi connectivity index (χ0) is 29.0. The minimum absolute atomic E-state index is 0.0397. The van der Waals surface area contributed by atoms with Gasteiger partial charge in [0.2, 0.25) is 5.91 Å². The molecule has 0 bridgehead atoms. The fourth-order valence-corrected chi connectivity index (χ4v) is 6.53. The lowest BCUT2D eigenvalue weighted by Crippen LogP contribution is -2.66. The summed E-state index contributed by atoms with van der Waals surface area (Å²) in [6.07, 6.45) is 0.733. The Hall–Kier alpha value is -3.39. The third-order valence-corrected chi connectivity index (χ3v) is 7.99.